The summed E-state index contributed by atoms with van der Waals surface area (Å²) in [6.45, 7) is 0. The van der Waals surface area contributed by atoms with Crippen LogP contribution in [0.5, 0.6) is 11.5 Å². The smallest absolute Gasteiger partial charge is 0.184 e. The van der Waals surface area contributed by atoms with Gasteiger partial charge in [0, 0.05) is 5.56 Å². The zero-order valence-corrected chi connectivity index (χ0v) is 10.3. The Bertz CT molecular complexity index is 647. The van der Waals surface area contributed by atoms with Crippen LogP contribution in [0.15, 0.2) is 36.4 Å². The molecule has 0 radical (unpaired) electrons. The van der Waals surface area contributed by atoms with E-state index in [1.807, 2.05) is 0 Å². The van der Waals surface area contributed by atoms with E-state index in [4.69, 9.17) is 27.5 Å². The van der Waals surface area contributed by atoms with Crippen LogP contribution in [0, 0.1) is 17.0 Å². The molecule has 0 bridgehead atoms. The second-order valence-electron chi connectivity index (χ2n) is 3.71. The standard InChI is InChI=1S/C13H9ClF2N2O/c14-8-2-1-3-11(12(8)16)19-10-5-4-7(13(17)18)6-9(10)15/h1-6H,(H3,17,18). The lowest BCUT2D eigenvalue weighted by Gasteiger charge is -2.09. The number of hydrogen-bond acceptors (Lipinski definition) is 2. The predicted octanol–water partition coefficient (Wildman–Crippen LogP) is 3.69. The SMILES string of the molecule is N=C(N)c1ccc(Oc2cccc(Cl)c2F)c(F)c1. The van der Waals surface area contributed by atoms with Gasteiger partial charge in [0.25, 0.3) is 0 Å². The molecule has 0 amide bonds. The molecular formula is C13H9ClF2N2O. The molecule has 98 valence electrons. The van der Waals surface area contributed by atoms with Gasteiger partial charge in [-0.3, -0.25) is 5.41 Å². The molecule has 0 unspecified atom stereocenters. The summed E-state index contributed by atoms with van der Waals surface area (Å²) in [5, 5.41) is 7.07. The van der Waals surface area contributed by atoms with Gasteiger partial charge in [-0.15, -0.1) is 0 Å². The molecule has 0 heterocycles. The molecule has 0 aliphatic carbocycles. The molecule has 0 fully saturated rings. The van der Waals surface area contributed by atoms with Crippen molar-refractivity contribution < 1.29 is 13.5 Å². The molecule has 6 heteroatoms. The minimum atomic E-state index is -0.765. The molecule has 0 saturated heterocycles. The first-order valence-corrected chi connectivity index (χ1v) is 5.62. The van der Waals surface area contributed by atoms with Crippen LogP contribution in [0.2, 0.25) is 5.02 Å². The van der Waals surface area contributed by atoms with Crippen LogP contribution in [0.4, 0.5) is 8.78 Å². The number of nitrogens with two attached hydrogens (primary N) is 1. The Morgan fingerprint density at radius 2 is 1.89 bits per heavy atom. The summed E-state index contributed by atoms with van der Waals surface area (Å²) in [6, 6.07) is 7.90. The average molecular weight is 283 g/mol. The molecular weight excluding hydrogens is 274 g/mol. The largest absolute Gasteiger partial charge is 0.451 e. The Morgan fingerprint density at radius 1 is 1.16 bits per heavy atom. The number of halogens is 3. The number of nitrogens with one attached hydrogen (secondary N) is 1. The third-order valence-electron chi connectivity index (χ3n) is 2.38. The maximum absolute atomic E-state index is 13.7. The highest BCUT2D eigenvalue weighted by Crippen LogP contribution is 2.30. The van der Waals surface area contributed by atoms with E-state index in [2.05, 4.69) is 0 Å². The lowest BCUT2D eigenvalue weighted by atomic mass is 10.2. The van der Waals surface area contributed by atoms with Crippen molar-refractivity contribution >= 4 is 17.4 Å². The number of benzene rings is 2. The molecule has 0 spiro atoms. The first-order valence-electron chi connectivity index (χ1n) is 5.25. The Morgan fingerprint density at radius 3 is 2.53 bits per heavy atom. The summed E-state index contributed by atoms with van der Waals surface area (Å²) >= 11 is 5.59. The lowest BCUT2D eigenvalue weighted by molar-refractivity contribution is 0.415. The van der Waals surface area contributed by atoms with Gasteiger partial charge in [0.1, 0.15) is 5.84 Å². The fourth-order valence-corrected chi connectivity index (χ4v) is 1.60. The van der Waals surface area contributed by atoms with Crippen LogP contribution < -0.4 is 10.5 Å². The van der Waals surface area contributed by atoms with Gasteiger partial charge in [0.05, 0.1) is 5.02 Å². The van der Waals surface area contributed by atoms with Crippen LogP contribution in [0.25, 0.3) is 0 Å². The number of rotatable bonds is 3. The minimum Gasteiger partial charge on any atom is -0.451 e. The van der Waals surface area contributed by atoms with Crippen molar-refractivity contribution in [3.8, 4) is 11.5 Å². The number of nitrogen functional groups attached to an aromatic ring is 1. The van der Waals surface area contributed by atoms with Gasteiger partial charge in [-0.05, 0) is 30.3 Å². The molecule has 0 aliphatic heterocycles. The van der Waals surface area contributed by atoms with Crippen LogP contribution in [-0.2, 0) is 0 Å². The second kappa shape index (κ2) is 5.24. The van der Waals surface area contributed by atoms with Gasteiger partial charge in [0.2, 0.25) is 0 Å². The van der Waals surface area contributed by atoms with Crippen LogP contribution >= 0.6 is 11.6 Å². The van der Waals surface area contributed by atoms with E-state index in [-0.39, 0.29) is 27.9 Å². The van der Waals surface area contributed by atoms with E-state index in [1.54, 1.807) is 0 Å². The van der Waals surface area contributed by atoms with Crippen molar-refractivity contribution in [2.24, 2.45) is 5.73 Å². The average Bonchev–Trinajstić information content (AvgIpc) is 2.37. The van der Waals surface area contributed by atoms with Crippen LogP contribution in [0.1, 0.15) is 5.56 Å². The number of amidine groups is 1. The van der Waals surface area contributed by atoms with E-state index in [0.717, 1.165) is 6.07 Å². The summed E-state index contributed by atoms with van der Waals surface area (Å²) in [7, 11) is 0. The lowest BCUT2D eigenvalue weighted by Crippen LogP contribution is -2.11. The van der Waals surface area contributed by atoms with E-state index in [1.165, 1.54) is 30.3 Å². The zero-order chi connectivity index (χ0) is 14.0. The summed E-state index contributed by atoms with van der Waals surface area (Å²) in [5.74, 6) is -2.13. The molecule has 2 aromatic rings. The van der Waals surface area contributed by atoms with Crippen LogP contribution in [-0.4, -0.2) is 5.84 Å². The summed E-state index contributed by atoms with van der Waals surface area (Å²) < 4.78 is 32.4. The third kappa shape index (κ3) is 2.82. The van der Waals surface area contributed by atoms with Gasteiger partial charge in [-0.2, -0.15) is 0 Å². The molecule has 2 rings (SSSR count). The molecule has 3 nitrogen and oxygen atoms in total. The minimum absolute atomic E-state index is 0.113. The highest BCUT2D eigenvalue weighted by molar-refractivity contribution is 6.30. The van der Waals surface area contributed by atoms with Gasteiger partial charge in [-0.25, -0.2) is 8.78 Å². The molecule has 0 atom stereocenters. The fraction of sp³-hybridized carbons (Fsp3) is 0. The second-order valence-corrected chi connectivity index (χ2v) is 4.12. The molecule has 19 heavy (non-hydrogen) atoms. The maximum Gasteiger partial charge on any atom is 0.184 e. The number of ether oxygens (including phenoxy) is 1. The summed E-state index contributed by atoms with van der Waals surface area (Å²) in [5.41, 5.74) is 5.45. The predicted molar refractivity (Wildman–Crippen MR) is 68.9 cm³/mol. The number of hydrogen-bond donors (Lipinski definition) is 2. The molecule has 3 N–H and O–H groups in total. The first kappa shape index (κ1) is 13.3. The molecule has 0 aliphatic rings. The van der Waals surface area contributed by atoms with E-state index in [9.17, 15) is 8.78 Å². The molecule has 2 aromatic carbocycles. The van der Waals surface area contributed by atoms with Gasteiger partial charge in [0.15, 0.2) is 23.1 Å². The summed E-state index contributed by atoms with van der Waals surface area (Å²) in [4.78, 5) is 0. The van der Waals surface area contributed by atoms with E-state index < -0.39 is 11.6 Å². The Labute approximate surface area is 113 Å². The maximum atomic E-state index is 13.7. The quantitative estimate of drug-likeness (QED) is 0.666. The van der Waals surface area contributed by atoms with Crippen molar-refractivity contribution in [2.45, 2.75) is 0 Å². The van der Waals surface area contributed by atoms with Crippen molar-refractivity contribution in [1.29, 1.82) is 5.41 Å². The highest BCUT2D eigenvalue weighted by atomic mass is 35.5. The zero-order valence-electron chi connectivity index (χ0n) is 9.58. The van der Waals surface area contributed by atoms with Crippen molar-refractivity contribution in [3.05, 3.63) is 58.6 Å². The normalized spacial score (nSPS) is 10.3. The molecule has 0 aromatic heterocycles. The van der Waals surface area contributed by atoms with E-state index >= 15 is 0 Å². The van der Waals surface area contributed by atoms with Crippen molar-refractivity contribution in [1.82, 2.24) is 0 Å². The van der Waals surface area contributed by atoms with Crippen molar-refractivity contribution in [3.63, 3.8) is 0 Å². The topological polar surface area (TPSA) is 59.1 Å². The first-order chi connectivity index (χ1) is 8.99. The van der Waals surface area contributed by atoms with E-state index in [0.29, 0.717) is 0 Å². The third-order valence-corrected chi connectivity index (χ3v) is 2.67. The molecule has 0 saturated carbocycles. The van der Waals surface area contributed by atoms with Crippen LogP contribution in [0.3, 0.4) is 0 Å². The fourth-order valence-electron chi connectivity index (χ4n) is 1.43. The Hall–Kier alpha value is -2.14. The Balaban J connectivity index is 2.34. The monoisotopic (exact) mass is 282 g/mol. The summed E-state index contributed by atoms with van der Waals surface area (Å²) in [6.07, 6.45) is 0. The Kier molecular flexibility index (Phi) is 3.66. The van der Waals surface area contributed by atoms with Crippen molar-refractivity contribution in [2.75, 3.05) is 0 Å². The van der Waals surface area contributed by atoms with Gasteiger partial charge < -0.3 is 10.5 Å². The highest BCUT2D eigenvalue weighted by Gasteiger charge is 2.12. The van der Waals surface area contributed by atoms with Gasteiger partial charge >= 0.3 is 0 Å². The van der Waals surface area contributed by atoms with Gasteiger partial charge in [-0.1, -0.05) is 17.7 Å².